The van der Waals surface area contributed by atoms with Crippen molar-refractivity contribution in [2.75, 3.05) is 39.5 Å². The van der Waals surface area contributed by atoms with E-state index in [-0.39, 0.29) is 42.1 Å². The van der Waals surface area contributed by atoms with Crippen LogP contribution in [-0.2, 0) is 23.3 Å². The lowest BCUT2D eigenvalue weighted by molar-refractivity contribution is -0.133. The lowest BCUT2D eigenvalue weighted by Crippen LogP contribution is -2.42. The standard InChI is InChI=1S/C36H58N3O6P/c1-26(2)39(27(3)4)46(44-23-19-37-8)45-33-17-20-38(21-18-33)35(40)16-12-13-22-42-34-24-32(29(6)28(5)30(34)7)25-43-36(41)31-14-10-9-11-15-31/h9-11,14-15,26-30,32-34H,12-13,16-25H2,1-7H3/t28-,29+,30?,32?,34+,46?/m0/s1. The quantitative estimate of drug-likeness (QED) is 0.0737. The van der Waals surface area contributed by atoms with Crippen LogP contribution in [0.3, 0.4) is 0 Å². The van der Waals surface area contributed by atoms with Crippen LogP contribution < -0.4 is 0 Å². The van der Waals surface area contributed by atoms with E-state index in [4.69, 9.17) is 25.1 Å². The first-order chi connectivity index (χ1) is 22.0. The summed E-state index contributed by atoms with van der Waals surface area (Å²) in [5.74, 6) is 1.53. The molecule has 1 amide bonds. The molecule has 1 saturated carbocycles. The molecule has 1 saturated heterocycles. The molecule has 0 N–H and O–H groups in total. The zero-order chi connectivity index (χ0) is 33.6. The summed E-state index contributed by atoms with van der Waals surface area (Å²) < 4.78 is 26.9. The molecule has 1 heterocycles. The van der Waals surface area contributed by atoms with E-state index in [0.717, 1.165) is 32.1 Å². The number of carbonyl (C=O) groups excluding carboxylic acids is 2. The van der Waals surface area contributed by atoms with Gasteiger partial charge >= 0.3 is 5.97 Å². The maximum atomic E-state index is 13.0. The summed E-state index contributed by atoms with van der Waals surface area (Å²) in [6, 6.07) is 9.69. The highest BCUT2D eigenvalue weighted by Crippen LogP contribution is 2.48. The molecule has 10 heteroatoms. The maximum Gasteiger partial charge on any atom is 0.338 e. The average molecular weight is 660 g/mol. The Balaban J connectivity index is 1.37. The van der Waals surface area contributed by atoms with Crippen LogP contribution in [-0.4, -0.2) is 85.2 Å². The molecule has 9 nitrogen and oxygen atoms in total. The molecule has 0 spiro atoms. The fourth-order valence-corrected chi connectivity index (χ4v) is 8.41. The molecule has 0 bridgehead atoms. The van der Waals surface area contributed by atoms with Crippen molar-refractivity contribution in [3.63, 3.8) is 0 Å². The summed E-state index contributed by atoms with van der Waals surface area (Å²) in [4.78, 5) is 30.9. The van der Waals surface area contributed by atoms with Gasteiger partial charge in [0.15, 0.2) is 0 Å². The second-order valence-electron chi connectivity index (χ2n) is 13.6. The van der Waals surface area contributed by atoms with Gasteiger partial charge < -0.3 is 28.3 Å². The van der Waals surface area contributed by atoms with Crippen LogP contribution in [0.5, 0.6) is 0 Å². The number of hydrogen-bond acceptors (Lipinski definition) is 7. The van der Waals surface area contributed by atoms with Crippen molar-refractivity contribution in [1.82, 2.24) is 9.57 Å². The van der Waals surface area contributed by atoms with Gasteiger partial charge in [-0.05, 0) is 95.6 Å². The molecule has 1 aromatic carbocycles. The van der Waals surface area contributed by atoms with Gasteiger partial charge in [0, 0.05) is 38.2 Å². The van der Waals surface area contributed by atoms with Crippen molar-refractivity contribution in [3.05, 3.63) is 47.3 Å². The Kier molecular flexibility index (Phi) is 16.4. The zero-order valence-electron chi connectivity index (χ0n) is 29.2. The second-order valence-corrected chi connectivity index (χ2v) is 15.0. The summed E-state index contributed by atoms with van der Waals surface area (Å²) in [5.41, 5.74) is 0.583. The van der Waals surface area contributed by atoms with E-state index in [0.29, 0.717) is 69.2 Å². The fraction of sp³-hybridized carbons (Fsp3) is 0.750. The largest absolute Gasteiger partial charge is 0.462 e. The van der Waals surface area contributed by atoms with Crippen LogP contribution in [0.25, 0.3) is 4.85 Å². The third-order valence-electron chi connectivity index (χ3n) is 9.76. The number of carbonyl (C=O) groups is 2. The topological polar surface area (TPSA) is 81.9 Å². The average Bonchev–Trinajstić information content (AvgIpc) is 3.04. The minimum absolute atomic E-state index is 0.0461. The molecule has 1 aliphatic carbocycles. The predicted octanol–water partition coefficient (Wildman–Crippen LogP) is 7.62. The minimum Gasteiger partial charge on any atom is -0.462 e. The fourth-order valence-electron chi connectivity index (χ4n) is 6.65. The van der Waals surface area contributed by atoms with Gasteiger partial charge in [0.25, 0.3) is 8.53 Å². The third kappa shape index (κ3) is 11.6. The molecule has 2 fully saturated rings. The number of likely N-dealkylation sites (tertiary alicyclic amines) is 1. The van der Waals surface area contributed by atoms with Crippen LogP contribution in [0, 0.1) is 30.2 Å². The SMILES string of the molecule is [C-]#[N+]CCOP(OC1CCN(C(=O)CCCCO[C@@H]2CC(COC(=O)c3ccccc3)[C@H](C)[C@H](C)C2C)CC1)N(C(C)C)C(C)C. The molecule has 1 aliphatic heterocycles. The molecular weight excluding hydrogens is 601 g/mol. The van der Waals surface area contributed by atoms with Crippen molar-refractivity contribution < 1.29 is 28.1 Å². The van der Waals surface area contributed by atoms with Crippen LogP contribution in [0.4, 0.5) is 0 Å². The van der Waals surface area contributed by atoms with Gasteiger partial charge in [-0.2, -0.15) is 0 Å². The number of amides is 1. The molecule has 3 rings (SSSR count). The van der Waals surface area contributed by atoms with E-state index >= 15 is 0 Å². The van der Waals surface area contributed by atoms with Gasteiger partial charge in [-0.15, -0.1) is 0 Å². The Morgan fingerprint density at radius 3 is 2.28 bits per heavy atom. The number of nitrogens with zero attached hydrogens (tertiary/aromatic N) is 3. The number of unbranched alkanes of at least 4 members (excludes halogenated alkanes) is 1. The Morgan fingerprint density at radius 2 is 1.65 bits per heavy atom. The first kappa shape index (κ1) is 38.4. The normalized spacial score (nSPS) is 24.7. The molecule has 6 atom stereocenters. The van der Waals surface area contributed by atoms with E-state index in [1.807, 2.05) is 23.1 Å². The van der Waals surface area contributed by atoms with E-state index in [2.05, 4.69) is 58.0 Å². The second kappa shape index (κ2) is 19.7. The van der Waals surface area contributed by atoms with Crippen LogP contribution in [0.1, 0.15) is 97.3 Å². The number of hydrogen-bond donors (Lipinski definition) is 0. The predicted molar refractivity (Wildman–Crippen MR) is 183 cm³/mol. The number of piperidine rings is 1. The van der Waals surface area contributed by atoms with Gasteiger partial charge in [-0.3, -0.25) is 4.79 Å². The monoisotopic (exact) mass is 659 g/mol. The van der Waals surface area contributed by atoms with E-state index < -0.39 is 8.53 Å². The lowest BCUT2D eigenvalue weighted by Gasteiger charge is -2.43. The van der Waals surface area contributed by atoms with Gasteiger partial charge in [0.2, 0.25) is 12.5 Å². The molecule has 0 aromatic heterocycles. The van der Waals surface area contributed by atoms with Crippen LogP contribution in [0.2, 0.25) is 0 Å². The molecule has 46 heavy (non-hydrogen) atoms. The first-order valence-electron chi connectivity index (χ1n) is 17.4. The van der Waals surface area contributed by atoms with E-state index in [1.165, 1.54) is 0 Å². The Labute approximate surface area is 279 Å². The van der Waals surface area contributed by atoms with Crippen LogP contribution in [0.15, 0.2) is 30.3 Å². The molecule has 0 radical (unpaired) electrons. The Morgan fingerprint density at radius 1 is 0.978 bits per heavy atom. The smallest absolute Gasteiger partial charge is 0.338 e. The highest BCUT2D eigenvalue weighted by molar-refractivity contribution is 7.44. The highest BCUT2D eigenvalue weighted by Gasteiger charge is 2.39. The van der Waals surface area contributed by atoms with Gasteiger partial charge in [-0.25, -0.2) is 16.0 Å². The summed E-state index contributed by atoms with van der Waals surface area (Å²) in [6.45, 7) is 25.6. The first-order valence-corrected chi connectivity index (χ1v) is 18.5. The van der Waals surface area contributed by atoms with Gasteiger partial charge in [0.1, 0.15) is 6.61 Å². The summed E-state index contributed by atoms with van der Waals surface area (Å²) in [6.07, 6.45) is 4.82. The third-order valence-corrected chi connectivity index (χ3v) is 11.9. The Hall–Kier alpha value is -2.08. The van der Waals surface area contributed by atoms with E-state index in [1.54, 1.807) is 12.1 Å². The van der Waals surface area contributed by atoms with Crippen molar-refractivity contribution in [2.24, 2.45) is 23.7 Å². The maximum absolute atomic E-state index is 13.0. The van der Waals surface area contributed by atoms with Crippen molar-refractivity contribution in [3.8, 4) is 0 Å². The summed E-state index contributed by atoms with van der Waals surface area (Å²) in [7, 11) is -1.26. The molecule has 1 aromatic rings. The lowest BCUT2D eigenvalue weighted by atomic mass is 9.67. The van der Waals surface area contributed by atoms with E-state index in [9.17, 15) is 9.59 Å². The molecule has 2 aliphatic rings. The Bertz CT molecular complexity index is 1080. The number of esters is 1. The summed E-state index contributed by atoms with van der Waals surface area (Å²) in [5, 5.41) is 0. The molecule has 258 valence electrons. The minimum atomic E-state index is -1.26. The number of benzene rings is 1. The van der Waals surface area contributed by atoms with Crippen molar-refractivity contribution in [2.45, 2.75) is 111 Å². The summed E-state index contributed by atoms with van der Waals surface area (Å²) >= 11 is 0. The van der Waals surface area contributed by atoms with Crippen molar-refractivity contribution in [1.29, 1.82) is 0 Å². The highest BCUT2D eigenvalue weighted by atomic mass is 31.2. The van der Waals surface area contributed by atoms with Crippen LogP contribution >= 0.6 is 8.53 Å². The number of rotatable bonds is 17. The van der Waals surface area contributed by atoms with Gasteiger partial charge in [-0.1, -0.05) is 39.0 Å². The number of ether oxygens (including phenoxy) is 2. The molecule has 3 unspecified atom stereocenters. The molecular formula is C36H58N3O6P. The van der Waals surface area contributed by atoms with Crippen molar-refractivity contribution >= 4 is 20.4 Å². The van der Waals surface area contributed by atoms with Gasteiger partial charge in [0.05, 0.1) is 24.4 Å². The zero-order valence-corrected chi connectivity index (χ0v) is 30.1.